The number of halogens is 1. The summed E-state index contributed by atoms with van der Waals surface area (Å²) in [4.78, 5) is 11.9. The zero-order valence-corrected chi connectivity index (χ0v) is 12.7. The van der Waals surface area contributed by atoms with Crippen molar-refractivity contribution < 1.29 is 9.18 Å². The van der Waals surface area contributed by atoms with Gasteiger partial charge in [-0.3, -0.25) is 4.79 Å². The average molecular weight is 311 g/mol. The van der Waals surface area contributed by atoms with E-state index in [0.29, 0.717) is 6.54 Å². The Morgan fingerprint density at radius 2 is 2.10 bits per heavy atom. The summed E-state index contributed by atoms with van der Waals surface area (Å²) in [6.07, 6.45) is 0. The fourth-order valence-electron chi connectivity index (χ4n) is 1.47. The van der Waals surface area contributed by atoms with Gasteiger partial charge in [-0.1, -0.05) is 35.2 Å². The van der Waals surface area contributed by atoms with E-state index in [-0.39, 0.29) is 17.0 Å². The van der Waals surface area contributed by atoms with Gasteiger partial charge in [-0.15, -0.1) is 10.2 Å². The molecule has 0 aliphatic rings. The molecule has 0 aliphatic carbocycles. The van der Waals surface area contributed by atoms with Gasteiger partial charge in [0, 0.05) is 6.54 Å². The maximum Gasteiger partial charge on any atom is 0.233 e. The molecule has 1 N–H and O–H groups in total. The normalized spacial score (nSPS) is 12.2. The Kier molecular flexibility index (Phi) is 5.08. The minimum absolute atomic E-state index is 0.0767. The van der Waals surface area contributed by atoms with Crippen LogP contribution in [0.4, 0.5) is 4.39 Å². The first kappa shape index (κ1) is 14.9. The summed E-state index contributed by atoms with van der Waals surface area (Å²) >= 11 is 2.85. The molecule has 0 bridgehead atoms. The summed E-state index contributed by atoms with van der Waals surface area (Å²) < 4.78 is 13.5. The van der Waals surface area contributed by atoms with Crippen LogP contribution in [0.1, 0.15) is 17.5 Å². The van der Waals surface area contributed by atoms with Crippen LogP contribution in [0.3, 0.4) is 0 Å². The smallest absolute Gasteiger partial charge is 0.233 e. The number of hydrogen-bond donors (Lipinski definition) is 1. The molecule has 1 heterocycles. The van der Waals surface area contributed by atoms with E-state index in [1.165, 1.54) is 35.2 Å². The van der Waals surface area contributed by atoms with Crippen LogP contribution in [-0.4, -0.2) is 21.4 Å². The first-order valence-electron chi connectivity index (χ1n) is 6.03. The molecule has 1 amide bonds. The predicted molar refractivity (Wildman–Crippen MR) is 78.2 cm³/mol. The number of thioether (sulfide) groups is 1. The molecular formula is C13H14FN3OS2. The fraction of sp³-hybridized carbons (Fsp3) is 0.308. The lowest BCUT2D eigenvalue weighted by molar-refractivity contribution is -0.120. The third-order valence-corrected chi connectivity index (χ3v) is 4.56. The molecule has 0 radical (unpaired) electrons. The Bertz CT molecular complexity index is 586. The summed E-state index contributed by atoms with van der Waals surface area (Å²) in [6, 6.07) is 6.07. The van der Waals surface area contributed by atoms with Crippen molar-refractivity contribution in [1.82, 2.24) is 15.5 Å². The fourth-order valence-corrected chi connectivity index (χ4v) is 3.45. The lowest BCUT2D eigenvalue weighted by Crippen LogP contribution is -2.30. The largest absolute Gasteiger partial charge is 0.351 e. The summed E-state index contributed by atoms with van der Waals surface area (Å²) in [5.74, 6) is -0.359. The van der Waals surface area contributed by atoms with E-state index >= 15 is 0 Å². The molecule has 1 aromatic heterocycles. The number of aromatic nitrogens is 2. The van der Waals surface area contributed by atoms with Gasteiger partial charge >= 0.3 is 0 Å². The van der Waals surface area contributed by atoms with Crippen molar-refractivity contribution in [2.24, 2.45) is 0 Å². The van der Waals surface area contributed by atoms with Crippen molar-refractivity contribution in [1.29, 1.82) is 0 Å². The molecule has 0 saturated heterocycles. The van der Waals surface area contributed by atoms with Crippen LogP contribution in [0.2, 0.25) is 0 Å². The van der Waals surface area contributed by atoms with Gasteiger partial charge in [0.15, 0.2) is 4.34 Å². The monoisotopic (exact) mass is 311 g/mol. The first-order valence-corrected chi connectivity index (χ1v) is 7.73. The third kappa shape index (κ3) is 4.28. The van der Waals surface area contributed by atoms with Gasteiger partial charge in [-0.25, -0.2) is 4.39 Å². The lowest BCUT2D eigenvalue weighted by Gasteiger charge is -2.10. The maximum atomic E-state index is 12.8. The van der Waals surface area contributed by atoms with E-state index < -0.39 is 0 Å². The maximum absolute atomic E-state index is 12.8. The Labute approximate surface area is 124 Å². The van der Waals surface area contributed by atoms with E-state index in [1.54, 1.807) is 12.1 Å². The number of aryl methyl sites for hydroxylation is 1. The zero-order chi connectivity index (χ0) is 14.5. The van der Waals surface area contributed by atoms with Gasteiger partial charge in [-0.05, 0) is 31.5 Å². The van der Waals surface area contributed by atoms with Crippen molar-refractivity contribution in [2.45, 2.75) is 30.0 Å². The van der Waals surface area contributed by atoms with E-state index in [0.717, 1.165) is 14.9 Å². The van der Waals surface area contributed by atoms with Crippen LogP contribution >= 0.6 is 23.1 Å². The summed E-state index contributed by atoms with van der Waals surface area (Å²) in [6.45, 7) is 4.08. The Morgan fingerprint density at radius 3 is 2.70 bits per heavy atom. The number of nitrogens with one attached hydrogen (secondary N) is 1. The molecule has 0 aliphatic heterocycles. The molecule has 0 unspecified atom stereocenters. The van der Waals surface area contributed by atoms with E-state index in [4.69, 9.17) is 0 Å². The number of benzene rings is 1. The third-order valence-electron chi connectivity index (χ3n) is 2.53. The van der Waals surface area contributed by atoms with Gasteiger partial charge in [0.1, 0.15) is 10.8 Å². The van der Waals surface area contributed by atoms with Crippen LogP contribution in [0, 0.1) is 12.7 Å². The number of rotatable bonds is 5. The van der Waals surface area contributed by atoms with Gasteiger partial charge in [0.2, 0.25) is 5.91 Å². The predicted octanol–water partition coefficient (Wildman–Crippen LogP) is 2.78. The molecule has 106 valence electrons. The first-order chi connectivity index (χ1) is 9.54. The highest BCUT2D eigenvalue weighted by molar-refractivity contribution is 8.02. The molecule has 2 rings (SSSR count). The summed E-state index contributed by atoms with van der Waals surface area (Å²) in [5.41, 5.74) is 0.865. The Morgan fingerprint density at radius 1 is 1.40 bits per heavy atom. The number of nitrogens with zero attached hydrogens (tertiary/aromatic N) is 2. The lowest BCUT2D eigenvalue weighted by atomic mass is 10.2. The van der Waals surface area contributed by atoms with E-state index in [2.05, 4.69) is 15.5 Å². The highest BCUT2D eigenvalue weighted by Gasteiger charge is 2.16. The van der Waals surface area contributed by atoms with E-state index in [1.807, 2.05) is 13.8 Å². The quantitative estimate of drug-likeness (QED) is 0.863. The highest BCUT2D eigenvalue weighted by atomic mass is 32.2. The number of carbonyl (C=O) groups is 1. The number of amides is 1. The SMILES string of the molecule is Cc1nnc(S[C@@H](C)C(=O)NCc2ccc(F)cc2)s1. The van der Waals surface area contributed by atoms with Gasteiger partial charge in [0.05, 0.1) is 5.25 Å². The van der Waals surface area contributed by atoms with Crippen molar-refractivity contribution in [3.63, 3.8) is 0 Å². The standard InChI is InChI=1S/C13H14FN3OS2/c1-8(19-13-17-16-9(2)20-13)12(18)15-7-10-3-5-11(14)6-4-10/h3-6,8H,7H2,1-2H3,(H,15,18)/t8-/m0/s1. The molecule has 1 atom stereocenters. The summed E-state index contributed by atoms with van der Waals surface area (Å²) in [5, 5.41) is 11.3. The van der Waals surface area contributed by atoms with Crippen molar-refractivity contribution >= 4 is 29.0 Å². The van der Waals surface area contributed by atoms with Crippen LogP contribution in [-0.2, 0) is 11.3 Å². The molecular weight excluding hydrogens is 297 g/mol. The Balaban J connectivity index is 1.83. The van der Waals surface area contributed by atoms with Gasteiger partial charge < -0.3 is 5.32 Å². The topological polar surface area (TPSA) is 54.9 Å². The zero-order valence-electron chi connectivity index (χ0n) is 11.1. The molecule has 0 saturated carbocycles. The molecule has 20 heavy (non-hydrogen) atoms. The van der Waals surface area contributed by atoms with Crippen molar-refractivity contribution in [2.75, 3.05) is 0 Å². The van der Waals surface area contributed by atoms with Crippen molar-refractivity contribution in [3.05, 3.63) is 40.7 Å². The average Bonchev–Trinajstić information content (AvgIpc) is 2.83. The van der Waals surface area contributed by atoms with Gasteiger partial charge in [0.25, 0.3) is 0 Å². The molecule has 0 spiro atoms. The molecule has 2 aromatic rings. The van der Waals surface area contributed by atoms with Crippen LogP contribution in [0.5, 0.6) is 0 Å². The van der Waals surface area contributed by atoms with Crippen LogP contribution in [0.15, 0.2) is 28.6 Å². The minimum atomic E-state index is -0.282. The molecule has 7 heteroatoms. The Hall–Kier alpha value is -1.47. The molecule has 1 aromatic carbocycles. The van der Waals surface area contributed by atoms with Crippen LogP contribution in [0.25, 0.3) is 0 Å². The van der Waals surface area contributed by atoms with E-state index in [9.17, 15) is 9.18 Å². The second-order valence-corrected chi connectivity index (χ2v) is 6.96. The highest BCUT2D eigenvalue weighted by Crippen LogP contribution is 2.26. The molecule has 4 nitrogen and oxygen atoms in total. The second-order valence-electron chi connectivity index (χ2n) is 4.19. The van der Waals surface area contributed by atoms with Gasteiger partial charge in [-0.2, -0.15) is 0 Å². The van der Waals surface area contributed by atoms with Crippen molar-refractivity contribution in [3.8, 4) is 0 Å². The molecule has 0 fully saturated rings. The number of hydrogen-bond acceptors (Lipinski definition) is 5. The second kappa shape index (κ2) is 6.81. The van der Waals surface area contributed by atoms with Crippen LogP contribution < -0.4 is 5.32 Å². The minimum Gasteiger partial charge on any atom is -0.351 e. The summed E-state index contributed by atoms with van der Waals surface area (Å²) in [7, 11) is 0. The number of carbonyl (C=O) groups excluding carboxylic acids is 1.